The maximum atomic E-state index is 12.6. The van der Waals surface area contributed by atoms with Gasteiger partial charge in [0, 0.05) is 6.42 Å². The number of primary amides is 1. The Kier molecular flexibility index (Phi) is 7.56. The van der Waals surface area contributed by atoms with Crippen LogP contribution < -0.4 is 16.4 Å². The van der Waals surface area contributed by atoms with Gasteiger partial charge in [-0.3, -0.25) is 4.79 Å². The van der Waals surface area contributed by atoms with Gasteiger partial charge >= 0.3 is 12.0 Å². The Morgan fingerprint density at radius 3 is 2.25 bits per heavy atom. The molecule has 0 aliphatic heterocycles. The Labute approximate surface area is 164 Å². The second-order valence-corrected chi connectivity index (χ2v) is 6.45. The zero-order valence-corrected chi connectivity index (χ0v) is 16.0. The molecule has 0 aromatic heterocycles. The Balaban J connectivity index is 2.13. The summed E-state index contributed by atoms with van der Waals surface area (Å²) in [5.41, 5.74) is 7.87. The number of esters is 1. The van der Waals surface area contributed by atoms with Gasteiger partial charge in [0.15, 0.2) is 0 Å². The van der Waals surface area contributed by atoms with E-state index in [0.29, 0.717) is 6.42 Å². The molecule has 0 saturated carbocycles. The van der Waals surface area contributed by atoms with E-state index in [1.165, 1.54) is 7.11 Å². The largest absolute Gasteiger partial charge is 0.467 e. The van der Waals surface area contributed by atoms with Gasteiger partial charge in [0.1, 0.15) is 6.04 Å². The quantitative estimate of drug-likeness (QED) is 0.606. The molecule has 148 valence electrons. The van der Waals surface area contributed by atoms with Gasteiger partial charge in [-0.15, -0.1) is 0 Å². The van der Waals surface area contributed by atoms with Crippen molar-refractivity contribution in [2.75, 3.05) is 7.11 Å². The monoisotopic (exact) mass is 383 g/mol. The summed E-state index contributed by atoms with van der Waals surface area (Å²) in [6.45, 7) is 1.88. The minimum atomic E-state index is -0.828. The van der Waals surface area contributed by atoms with Gasteiger partial charge in [0.25, 0.3) is 0 Å². The second kappa shape index (κ2) is 10.1. The number of urea groups is 1. The van der Waals surface area contributed by atoms with Crippen molar-refractivity contribution in [1.82, 2.24) is 10.6 Å². The Morgan fingerprint density at radius 1 is 1.00 bits per heavy atom. The first-order valence-electron chi connectivity index (χ1n) is 8.93. The molecule has 2 rings (SSSR count). The fraction of sp³-hybridized carbons (Fsp3) is 0.286. The van der Waals surface area contributed by atoms with E-state index in [1.807, 2.05) is 61.5 Å². The van der Waals surface area contributed by atoms with Crippen molar-refractivity contribution in [1.29, 1.82) is 0 Å². The minimum Gasteiger partial charge on any atom is -0.467 e. The number of nitrogens with one attached hydrogen (secondary N) is 2. The van der Waals surface area contributed by atoms with Gasteiger partial charge in [-0.2, -0.15) is 0 Å². The zero-order valence-electron chi connectivity index (χ0n) is 16.0. The molecule has 2 atom stereocenters. The van der Waals surface area contributed by atoms with Crippen LogP contribution in [0.4, 0.5) is 4.79 Å². The van der Waals surface area contributed by atoms with Crippen LogP contribution in [0, 0.1) is 6.92 Å². The predicted molar refractivity (Wildman–Crippen MR) is 105 cm³/mol. The number of ether oxygens (including phenoxy) is 1. The Bertz CT molecular complexity index is 823. The third-order valence-electron chi connectivity index (χ3n) is 4.37. The summed E-state index contributed by atoms with van der Waals surface area (Å²) < 4.78 is 4.82. The summed E-state index contributed by atoms with van der Waals surface area (Å²) in [6.07, 6.45) is 0.244. The molecule has 0 spiro atoms. The molecule has 0 aliphatic carbocycles. The number of hydrogen-bond donors (Lipinski definition) is 3. The standard InChI is InChI=1S/C21H25N3O4/c1-14-8-6-7-11-16(14)17(24-21(22)27)13-19(25)23-18(20(26)28-2)12-15-9-4-3-5-10-15/h3-11,17-18H,12-13H2,1-2H3,(H,23,25)(H3,22,24,27)/t17?,18-/m0/s1. The molecule has 1 unspecified atom stereocenters. The van der Waals surface area contributed by atoms with Crippen molar-refractivity contribution in [2.45, 2.75) is 31.8 Å². The molecule has 0 bridgehead atoms. The van der Waals surface area contributed by atoms with Crippen molar-refractivity contribution in [3.05, 3.63) is 71.3 Å². The number of benzene rings is 2. The molecule has 0 fully saturated rings. The fourth-order valence-corrected chi connectivity index (χ4v) is 3.01. The van der Waals surface area contributed by atoms with Crippen LogP contribution in [0.2, 0.25) is 0 Å². The van der Waals surface area contributed by atoms with Crippen molar-refractivity contribution in [3.63, 3.8) is 0 Å². The predicted octanol–water partition coefficient (Wildman–Crippen LogP) is 2.00. The smallest absolute Gasteiger partial charge is 0.328 e. The topological polar surface area (TPSA) is 111 Å². The van der Waals surface area contributed by atoms with Crippen molar-refractivity contribution >= 4 is 17.9 Å². The number of carbonyl (C=O) groups is 3. The van der Waals surface area contributed by atoms with Crippen LogP contribution in [0.25, 0.3) is 0 Å². The number of methoxy groups -OCH3 is 1. The summed E-state index contributed by atoms with van der Waals surface area (Å²) in [5.74, 6) is -0.930. The normalized spacial score (nSPS) is 12.5. The number of rotatable bonds is 8. The van der Waals surface area contributed by atoms with E-state index in [-0.39, 0.29) is 6.42 Å². The fourth-order valence-electron chi connectivity index (χ4n) is 3.01. The molecule has 4 N–H and O–H groups in total. The lowest BCUT2D eigenvalue weighted by molar-refractivity contribution is -0.145. The summed E-state index contributed by atoms with van der Waals surface area (Å²) in [5, 5.41) is 5.30. The van der Waals surface area contributed by atoms with Crippen molar-refractivity contribution in [3.8, 4) is 0 Å². The SMILES string of the molecule is COC(=O)[C@H](Cc1ccccc1)NC(=O)CC(NC(N)=O)c1ccccc1C. The summed E-state index contributed by atoms with van der Waals surface area (Å²) in [7, 11) is 1.28. The van der Waals surface area contributed by atoms with Gasteiger partial charge in [0.05, 0.1) is 19.6 Å². The molecule has 3 amide bonds. The van der Waals surface area contributed by atoms with Crippen LogP contribution in [-0.2, 0) is 20.7 Å². The third kappa shape index (κ3) is 6.12. The highest BCUT2D eigenvalue weighted by Gasteiger charge is 2.25. The van der Waals surface area contributed by atoms with Crippen LogP contribution in [0.1, 0.15) is 29.2 Å². The van der Waals surface area contributed by atoms with Crippen molar-refractivity contribution < 1.29 is 19.1 Å². The number of amides is 3. The summed E-state index contributed by atoms with van der Waals surface area (Å²) in [6, 6.07) is 14.6. The van der Waals surface area contributed by atoms with Gasteiger partial charge in [-0.1, -0.05) is 54.6 Å². The molecule has 28 heavy (non-hydrogen) atoms. The Morgan fingerprint density at radius 2 is 1.64 bits per heavy atom. The first-order chi connectivity index (χ1) is 13.4. The first kappa shape index (κ1) is 21.0. The lowest BCUT2D eigenvalue weighted by atomic mass is 9.98. The van der Waals surface area contributed by atoms with Crippen LogP contribution >= 0.6 is 0 Å². The molecule has 7 nitrogen and oxygen atoms in total. The molecular formula is C21H25N3O4. The van der Waals surface area contributed by atoms with Gasteiger partial charge in [0.2, 0.25) is 5.91 Å². The molecule has 0 heterocycles. The molecule has 0 radical (unpaired) electrons. The number of carbonyl (C=O) groups excluding carboxylic acids is 3. The van der Waals surface area contributed by atoms with E-state index in [9.17, 15) is 14.4 Å². The molecule has 2 aromatic carbocycles. The van der Waals surface area contributed by atoms with Crippen LogP contribution in [-0.4, -0.2) is 31.1 Å². The van der Waals surface area contributed by atoms with E-state index < -0.39 is 30.0 Å². The lowest BCUT2D eigenvalue weighted by Gasteiger charge is -2.22. The van der Waals surface area contributed by atoms with Gasteiger partial charge in [-0.25, -0.2) is 9.59 Å². The van der Waals surface area contributed by atoms with E-state index in [0.717, 1.165) is 16.7 Å². The molecule has 0 aliphatic rings. The highest BCUT2D eigenvalue weighted by atomic mass is 16.5. The van der Waals surface area contributed by atoms with Crippen LogP contribution in [0.3, 0.4) is 0 Å². The molecule has 0 saturated heterocycles. The van der Waals surface area contributed by atoms with Gasteiger partial charge in [-0.05, 0) is 23.6 Å². The highest BCUT2D eigenvalue weighted by molar-refractivity contribution is 5.85. The minimum absolute atomic E-state index is 0.0594. The highest BCUT2D eigenvalue weighted by Crippen LogP contribution is 2.20. The maximum Gasteiger partial charge on any atom is 0.328 e. The van der Waals surface area contributed by atoms with E-state index in [4.69, 9.17) is 10.5 Å². The average molecular weight is 383 g/mol. The lowest BCUT2D eigenvalue weighted by Crippen LogP contribution is -2.45. The average Bonchev–Trinajstić information content (AvgIpc) is 2.67. The van der Waals surface area contributed by atoms with Crippen molar-refractivity contribution in [2.24, 2.45) is 5.73 Å². The van der Waals surface area contributed by atoms with Crippen LogP contribution in [0.5, 0.6) is 0 Å². The Hall–Kier alpha value is -3.35. The number of hydrogen-bond acceptors (Lipinski definition) is 4. The molecular weight excluding hydrogens is 358 g/mol. The van der Waals surface area contributed by atoms with E-state index in [1.54, 1.807) is 0 Å². The number of aryl methyl sites for hydroxylation is 1. The van der Waals surface area contributed by atoms with Gasteiger partial charge < -0.3 is 21.1 Å². The maximum absolute atomic E-state index is 12.6. The van der Waals surface area contributed by atoms with Crippen LogP contribution in [0.15, 0.2) is 54.6 Å². The van der Waals surface area contributed by atoms with E-state index >= 15 is 0 Å². The third-order valence-corrected chi connectivity index (χ3v) is 4.37. The second-order valence-electron chi connectivity index (χ2n) is 6.45. The van der Waals surface area contributed by atoms with E-state index in [2.05, 4.69) is 10.6 Å². The number of nitrogens with two attached hydrogens (primary N) is 1. The first-order valence-corrected chi connectivity index (χ1v) is 8.93. The molecule has 7 heteroatoms. The summed E-state index contributed by atoms with van der Waals surface area (Å²) in [4.78, 5) is 36.1. The summed E-state index contributed by atoms with van der Waals surface area (Å²) >= 11 is 0. The zero-order chi connectivity index (χ0) is 20.5. The molecule has 2 aromatic rings.